The van der Waals surface area contributed by atoms with E-state index in [1.807, 2.05) is 0 Å². The van der Waals surface area contributed by atoms with Crippen molar-refractivity contribution in [3.8, 4) is 0 Å². The van der Waals surface area contributed by atoms with Crippen LogP contribution in [0.3, 0.4) is 0 Å². The predicted octanol–water partition coefficient (Wildman–Crippen LogP) is 1.27. The number of cyclic esters (lactones) is 1. The van der Waals surface area contributed by atoms with Crippen molar-refractivity contribution in [2.24, 2.45) is 22.7 Å². The maximum Gasteiger partial charge on any atom is 0.334 e. The summed E-state index contributed by atoms with van der Waals surface area (Å²) < 4.78 is 17.3. The molecular weight excluding hydrogens is 520 g/mol. The van der Waals surface area contributed by atoms with Gasteiger partial charge in [0.2, 0.25) is 0 Å². The lowest BCUT2D eigenvalue weighted by atomic mass is 9.42. The molecule has 0 amide bonds. The molecule has 10 heteroatoms. The Kier molecular flexibility index (Phi) is 5.78. The van der Waals surface area contributed by atoms with Crippen LogP contribution < -0.4 is 0 Å². The van der Waals surface area contributed by atoms with E-state index in [1.54, 1.807) is 20.8 Å². The summed E-state index contributed by atoms with van der Waals surface area (Å²) in [7, 11) is 0. The lowest BCUT2D eigenvalue weighted by Gasteiger charge is -2.64. The van der Waals surface area contributed by atoms with Gasteiger partial charge < -0.3 is 34.6 Å². The Hall–Kier alpha value is -2.11. The molecule has 0 bridgehead atoms. The number of aliphatic hydroxyl groups excluding tert-OH is 1. The summed E-state index contributed by atoms with van der Waals surface area (Å²) in [6, 6.07) is 0. The predicted molar refractivity (Wildman–Crippen MR) is 138 cm³/mol. The number of carbonyl (C=O) groups is 3. The van der Waals surface area contributed by atoms with Crippen molar-refractivity contribution in [3.05, 3.63) is 23.3 Å². The molecule has 4 fully saturated rings. The van der Waals surface area contributed by atoms with Gasteiger partial charge in [-0.1, -0.05) is 5.57 Å². The van der Waals surface area contributed by atoms with Crippen LogP contribution in [-0.2, 0) is 28.6 Å². The second-order valence-electron chi connectivity index (χ2n) is 13.6. The van der Waals surface area contributed by atoms with Crippen LogP contribution in [0.25, 0.3) is 0 Å². The van der Waals surface area contributed by atoms with E-state index >= 15 is 0 Å². The van der Waals surface area contributed by atoms with Crippen molar-refractivity contribution in [3.63, 3.8) is 0 Å². The number of rotatable bonds is 4. The van der Waals surface area contributed by atoms with E-state index in [-0.39, 0.29) is 44.0 Å². The lowest BCUT2D eigenvalue weighted by Crippen LogP contribution is -2.75. The van der Waals surface area contributed by atoms with Gasteiger partial charge in [-0.2, -0.15) is 0 Å². The number of ketones is 1. The molecule has 1 saturated heterocycles. The van der Waals surface area contributed by atoms with E-state index in [1.165, 1.54) is 26.0 Å². The van der Waals surface area contributed by atoms with Crippen LogP contribution in [0.1, 0.15) is 73.1 Å². The molecular formula is C30H40O10. The third-order valence-electron chi connectivity index (χ3n) is 12.3. The van der Waals surface area contributed by atoms with Crippen molar-refractivity contribution >= 4 is 17.7 Å². The quantitative estimate of drug-likeness (QED) is 0.291. The Morgan fingerprint density at radius 2 is 1.88 bits per heavy atom. The minimum atomic E-state index is -2.01. The monoisotopic (exact) mass is 560 g/mol. The first-order valence-corrected chi connectivity index (χ1v) is 14.3. The average Bonchev–Trinajstić information content (AvgIpc) is 3.58. The van der Waals surface area contributed by atoms with Crippen molar-refractivity contribution < 1.29 is 49.0 Å². The molecule has 2 aliphatic heterocycles. The molecule has 2 heterocycles. The van der Waals surface area contributed by atoms with Gasteiger partial charge in [0.1, 0.15) is 35.6 Å². The maximum absolute atomic E-state index is 13.5. The summed E-state index contributed by atoms with van der Waals surface area (Å²) >= 11 is 0. The topological polar surface area (TPSA) is 163 Å². The van der Waals surface area contributed by atoms with Crippen LogP contribution in [0.4, 0.5) is 0 Å². The van der Waals surface area contributed by atoms with Gasteiger partial charge >= 0.3 is 11.9 Å². The highest BCUT2D eigenvalue weighted by Gasteiger charge is 2.85. The molecule has 4 aliphatic carbocycles. The largest absolute Gasteiger partial charge is 0.465 e. The molecule has 0 radical (unpaired) electrons. The number of hydrogen-bond donors (Lipinski definition) is 4. The summed E-state index contributed by atoms with van der Waals surface area (Å²) in [6.07, 6.45) is 1.41. The fourth-order valence-electron chi connectivity index (χ4n) is 9.72. The molecule has 0 aromatic heterocycles. The molecule has 1 spiro atoms. The van der Waals surface area contributed by atoms with Gasteiger partial charge in [-0.05, 0) is 83.8 Å². The van der Waals surface area contributed by atoms with Crippen LogP contribution >= 0.6 is 0 Å². The van der Waals surface area contributed by atoms with Crippen molar-refractivity contribution in [2.45, 2.75) is 114 Å². The third-order valence-corrected chi connectivity index (χ3v) is 12.3. The van der Waals surface area contributed by atoms with E-state index in [4.69, 9.17) is 14.2 Å². The molecule has 0 aromatic rings. The van der Waals surface area contributed by atoms with E-state index in [2.05, 4.69) is 0 Å². The molecule has 220 valence electrons. The van der Waals surface area contributed by atoms with Gasteiger partial charge in [0.25, 0.3) is 0 Å². The number of esters is 2. The minimum absolute atomic E-state index is 0.0410. The highest BCUT2D eigenvalue weighted by molar-refractivity contribution is 5.98. The molecule has 6 rings (SSSR count). The van der Waals surface area contributed by atoms with Crippen molar-refractivity contribution in [2.75, 3.05) is 6.61 Å². The highest BCUT2D eigenvalue weighted by Crippen LogP contribution is 2.75. The molecule has 40 heavy (non-hydrogen) atoms. The normalized spacial score (nSPS) is 50.7. The second-order valence-corrected chi connectivity index (χ2v) is 13.6. The van der Waals surface area contributed by atoms with E-state index in [9.17, 15) is 34.8 Å². The van der Waals surface area contributed by atoms with E-state index in [0.29, 0.717) is 18.4 Å². The standard InChI is InChI=1S/C30H40O10/c1-15-12-22(39-24(34)16(15)2)26(5,35)29(37)11-10-28(36)19-13-23-30(40-23)21(33)7-6-20(32)25(30,4)18(19)8-9-27(28,29)14-38-17(3)31/h6-7,18-19,21-23,33,35-37H,8-14H2,1-5H3/t18-,19+,21+,22+,23+,25-,26-,27+,28+,29+,30+/m0/s1. The first-order chi connectivity index (χ1) is 18.5. The molecule has 3 saturated carbocycles. The van der Waals surface area contributed by atoms with Gasteiger partial charge in [0.05, 0.1) is 22.5 Å². The number of carbonyl (C=O) groups excluding carboxylic acids is 3. The zero-order chi connectivity index (χ0) is 29.3. The van der Waals surface area contributed by atoms with Gasteiger partial charge in [-0.15, -0.1) is 0 Å². The van der Waals surface area contributed by atoms with E-state index in [0.717, 1.165) is 5.57 Å². The minimum Gasteiger partial charge on any atom is -0.465 e. The molecule has 0 aromatic carbocycles. The summed E-state index contributed by atoms with van der Waals surface area (Å²) in [4.78, 5) is 38.2. The van der Waals surface area contributed by atoms with Crippen LogP contribution in [0.5, 0.6) is 0 Å². The van der Waals surface area contributed by atoms with Gasteiger partial charge in [-0.3, -0.25) is 9.59 Å². The van der Waals surface area contributed by atoms with Crippen LogP contribution in [0.2, 0.25) is 0 Å². The summed E-state index contributed by atoms with van der Waals surface area (Å²) in [5.41, 5.74) is -8.16. The number of epoxide rings is 1. The Morgan fingerprint density at radius 1 is 1.18 bits per heavy atom. The first kappa shape index (κ1) is 28.0. The van der Waals surface area contributed by atoms with Gasteiger partial charge in [0, 0.05) is 18.9 Å². The van der Waals surface area contributed by atoms with Crippen LogP contribution in [-0.4, -0.2) is 85.5 Å². The van der Waals surface area contributed by atoms with Crippen molar-refractivity contribution in [1.29, 1.82) is 0 Å². The Morgan fingerprint density at radius 3 is 2.52 bits per heavy atom. The third kappa shape index (κ3) is 2.99. The van der Waals surface area contributed by atoms with Gasteiger partial charge in [-0.25, -0.2) is 4.79 Å². The second kappa shape index (κ2) is 8.25. The Balaban J connectivity index is 1.45. The average molecular weight is 561 g/mol. The first-order valence-electron chi connectivity index (χ1n) is 14.3. The Bertz CT molecular complexity index is 1250. The zero-order valence-corrected chi connectivity index (χ0v) is 23.7. The maximum atomic E-state index is 13.5. The van der Waals surface area contributed by atoms with Crippen LogP contribution in [0, 0.1) is 22.7 Å². The summed E-state index contributed by atoms with van der Waals surface area (Å²) in [5, 5.41) is 48.5. The van der Waals surface area contributed by atoms with Crippen molar-refractivity contribution in [1.82, 2.24) is 0 Å². The zero-order valence-electron chi connectivity index (χ0n) is 23.7. The molecule has 11 atom stereocenters. The molecule has 4 N–H and O–H groups in total. The fraction of sp³-hybridized carbons (Fsp3) is 0.767. The highest BCUT2D eigenvalue weighted by atomic mass is 16.6. The summed E-state index contributed by atoms with van der Waals surface area (Å²) in [6.45, 7) is 7.55. The number of fused-ring (bicyclic) bond motifs is 4. The van der Waals surface area contributed by atoms with Crippen LogP contribution in [0.15, 0.2) is 23.3 Å². The summed E-state index contributed by atoms with van der Waals surface area (Å²) in [5.74, 6) is -2.28. The number of hydrogen-bond acceptors (Lipinski definition) is 10. The van der Waals surface area contributed by atoms with Gasteiger partial charge in [0.15, 0.2) is 5.78 Å². The smallest absolute Gasteiger partial charge is 0.334 e. The molecule has 10 nitrogen and oxygen atoms in total. The molecule has 0 unspecified atom stereocenters. The SMILES string of the molecule is CC(=O)OC[C@]12CC[C@H]3[C@@H](C[C@H]4O[C@]45[C@H](O)C=CC(=O)[C@]35C)[C@]1(O)CC[C@@]2(O)[C@@](C)(O)[C@H]1CC(C)=C(C)C(=O)O1. The molecule has 6 aliphatic rings. The Labute approximate surface area is 233 Å². The fourth-order valence-corrected chi connectivity index (χ4v) is 9.72. The number of ether oxygens (including phenoxy) is 3. The number of aliphatic hydroxyl groups is 4. The number of allylic oxidation sites excluding steroid dienone is 1. The van der Waals surface area contributed by atoms with E-state index < -0.39 is 69.4 Å². The lowest BCUT2D eigenvalue weighted by molar-refractivity contribution is -0.297.